The van der Waals surface area contributed by atoms with Crippen molar-refractivity contribution in [3.05, 3.63) is 48.7 Å². The largest absolute Gasteiger partial charge is 0.497 e. The fourth-order valence-electron chi connectivity index (χ4n) is 3.53. The molecule has 0 bridgehead atoms. The highest BCUT2D eigenvalue weighted by Gasteiger charge is 2.31. The number of ether oxygens (including phenoxy) is 1. The van der Waals surface area contributed by atoms with Gasteiger partial charge in [0.15, 0.2) is 0 Å². The molecule has 0 saturated carbocycles. The van der Waals surface area contributed by atoms with Crippen LogP contribution in [0, 0.1) is 5.92 Å². The second-order valence-electron chi connectivity index (χ2n) is 6.31. The second-order valence-corrected chi connectivity index (χ2v) is 6.31. The first-order valence-corrected chi connectivity index (χ1v) is 8.07. The molecule has 1 aromatic heterocycles. The standard InChI is InChI=1S/C19H24N2O2/c1-4-13-5-8-18(21(2)12-13)19(22)15-9-10-20-17-7-6-14(23-3)11-16(15)17/h4,6-7,9-11,13,18-19,22H,1,5,8,12H2,2-3H3/t13-,18-,19+/m1/s1. The maximum Gasteiger partial charge on any atom is 0.119 e. The van der Waals surface area contributed by atoms with Gasteiger partial charge in [0.1, 0.15) is 5.75 Å². The van der Waals surface area contributed by atoms with E-state index in [1.54, 1.807) is 13.3 Å². The molecule has 1 aromatic carbocycles. The first-order valence-electron chi connectivity index (χ1n) is 8.07. The number of benzene rings is 1. The van der Waals surface area contributed by atoms with E-state index >= 15 is 0 Å². The van der Waals surface area contributed by atoms with E-state index in [1.807, 2.05) is 30.3 Å². The number of nitrogens with zero attached hydrogens (tertiary/aromatic N) is 2. The van der Waals surface area contributed by atoms with Crippen molar-refractivity contribution in [2.24, 2.45) is 5.92 Å². The Morgan fingerprint density at radius 3 is 2.91 bits per heavy atom. The fraction of sp³-hybridized carbons (Fsp3) is 0.421. The van der Waals surface area contributed by atoms with E-state index in [0.717, 1.165) is 41.6 Å². The average molecular weight is 312 g/mol. The molecule has 3 rings (SSSR count). The highest BCUT2D eigenvalue weighted by Crippen LogP contribution is 2.34. The number of hydrogen-bond acceptors (Lipinski definition) is 4. The lowest BCUT2D eigenvalue weighted by Crippen LogP contribution is -2.43. The third-order valence-electron chi connectivity index (χ3n) is 4.92. The Hall–Kier alpha value is -1.91. The highest BCUT2D eigenvalue weighted by molar-refractivity contribution is 5.83. The number of methoxy groups -OCH3 is 1. The van der Waals surface area contributed by atoms with Crippen molar-refractivity contribution < 1.29 is 9.84 Å². The zero-order valence-electron chi connectivity index (χ0n) is 13.8. The lowest BCUT2D eigenvalue weighted by molar-refractivity contribution is 0.0309. The van der Waals surface area contributed by atoms with Crippen LogP contribution in [0.4, 0.5) is 0 Å². The van der Waals surface area contributed by atoms with Crippen LogP contribution in [0.25, 0.3) is 10.9 Å². The van der Waals surface area contributed by atoms with Crippen molar-refractivity contribution in [1.29, 1.82) is 0 Å². The Balaban J connectivity index is 1.94. The van der Waals surface area contributed by atoms with E-state index in [0.29, 0.717) is 5.92 Å². The van der Waals surface area contributed by atoms with Gasteiger partial charge in [-0.25, -0.2) is 0 Å². The molecular weight excluding hydrogens is 288 g/mol. The van der Waals surface area contributed by atoms with Crippen LogP contribution in [0.15, 0.2) is 43.1 Å². The van der Waals surface area contributed by atoms with Gasteiger partial charge in [0.2, 0.25) is 0 Å². The molecule has 3 atom stereocenters. The van der Waals surface area contributed by atoms with Gasteiger partial charge < -0.3 is 9.84 Å². The molecule has 0 radical (unpaired) electrons. The zero-order chi connectivity index (χ0) is 16.4. The van der Waals surface area contributed by atoms with Crippen LogP contribution in [0.3, 0.4) is 0 Å². The summed E-state index contributed by atoms with van der Waals surface area (Å²) < 4.78 is 5.32. The molecule has 2 heterocycles. The van der Waals surface area contributed by atoms with Gasteiger partial charge in [-0.15, -0.1) is 6.58 Å². The topological polar surface area (TPSA) is 45.6 Å². The summed E-state index contributed by atoms with van der Waals surface area (Å²) in [4.78, 5) is 6.64. The van der Waals surface area contributed by atoms with Gasteiger partial charge in [-0.1, -0.05) is 6.08 Å². The molecule has 1 aliphatic rings. The van der Waals surface area contributed by atoms with Gasteiger partial charge in [0, 0.05) is 24.2 Å². The van der Waals surface area contributed by atoms with E-state index in [9.17, 15) is 5.11 Å². The lowest BCUT2D eigenvalue weighted by Gasteiger charge is -2.39. The van der Waals surface area contributed by atoms with Gasteiger partial charge in [-0.3, -0.25) is 9.88 Å². The number of piperidine rings is 1. The van der Waals surface area contributed by atoms with E-state index in [4.69, 9.17) is 4.74 Å². The van der Waals surface area contributed by atoms with E-state index < -0.39 is 6.10 Å². The number of pyridine rings is 1. The van der Waals surface area contributed by atoms with Gasteiger partial charge >= 0.3 is 0 Å². The minimum absolute atomic E-state index is 0.114. The number of rotatable bonds is 4. The van der Waals surface area contributed by atoms with Crippen molar-refractivity contribution in [1.82, 2.24) is 9.88 Å². The molecule has 1 fully saturated rings. The van der Waals surface area contributed by atoms with E-state index in [-0.39, 0.29) is 6.04 Å². The summed E-state index contributed by atoms with van der Waals surface area (Å²) in [6.07, 6.45) is 5.28. The molecule has 2 aromatic rings. The predicted octanol–water partition coefficient (Wildman–Crippen LogP) is 3.17. The quantitative estimate of drug-likeness (QED) is 0.881. The number of fused-ring (bicyclic) bond motifs is 1. The first-order chi connectivity index (χ1) is 11.1. The minimum Gasteiger partial charge on any atom is -0.497 e. The number of hydrogen-bond donors (Lipinski definition) is 1. The SMILES string of the molecule is C=C[C@@H]1CC[C@H]([C@@H](O)c2ccnc3ccc(OC)cc23)N(C)C1. The molecule has 4 heteroatoms. The summed E-state index contributed by atoms with van der Waals surface area (Å²) in [6.45, 7) is 4.84. The van der Waals surface area contributed by atoms with Crippen molar-refractivity contribution >= 4 is 10.9 Å². The summed E-state index contributed by atoms with van der Waals surface area (Å²) in [5.74, 6) is 1.29. The van der Waals surface area contributed by atoms with Gasteiger partial charge in [0.25, 0.3) is 0 Å². The first kappa shape index (κ1) is 16.0. The van der Waals surface area contributed by atoms with Crippen molar-refractivity contribution in [2.75, 3.05) is 20.7 Å². The number of aliphatic hydroxyl groups is 1. The number of likely N-dealkylation sites (tertiary alicyclic amines) is 1. The van der Waals surface area contributed by atoms with Crippen molar-refractivity contribution in [3.8, 4) is 5.75 Å². The third kappa shape index (κ3) is 3.09. The molecule has 0 spiro atoms. The summed E-state index contributed by atoms with van der Waals surface area (Å²) >= 11 is 0. The zero-order valence-corrected chi connectivity index (χ0v) is 13.8. The summed E-state index contributed by atoms with van der Waals surface area (Å²) in [5, 5.41) is 12.0. The monoisotopic (exact) mass is 312 g/mol. The van der Waals surface area contributed by atoms with Gasteiger partial charge in [-0.05, 0) is 55.6 Å². The molecule has 0 aliphatic carbocycles. The van der Waals surface area contributed by atoms with Crippen molar-refractivity contribution in [3.63, 3.8) is 0 Å². The van der Waals surface area contributed by atoms with Crippen LogP contribution in [0.5, 0.6) is 5.75 Å². The number of aliphatic hydroxyl groups excluding tert-OH is 1. The summed E-state index contributed by atoms with van der Waals surface area (Å²) in [7, 11) is 3.73. The van der Waals surface area contributed by atoms with Crippen LogP contribution < -0.4 is 4.74 Å². The van der Waals surface area contributed by atoms with Crippen LogP contribution in [0.2, 0.25) is 0 Å². The van der Waals surface area contributed by atoms with Crippen LogP contribution in [0.1, 0.15) is 24.5 Å². The Bertz CT molecular complexity index is 701. The fourth-order valence-corrected chi connectivity index (χ4v) is 3.53. The minimum atomic E-state index is -0.539. The molecule has 1 aliphatic heterocycles. The maximum atomic E-state index is 11.0. The second kappa shape index (κ2) is 6.69. The van der Waals surface area contributed by atoms with E-state index in [1.165, 1.54) is 0 Å². The van der Waals surface area contributed by atoms with Crippen LogP contribution in [-0.2, 0) is 0 Å². The number of likely N-dealkylation sites (N-methyl/N-ethyl adjacent to an activating group) is 1. The molecule has 0 unspecified atom stereocenters. The Morgan fingerprint density at radius 1 is 1.39 bits per heavy atom. The Labute approximate surface area is 137 Å². The molecule has 4 nitrogen and oxygen atoms in total. The molecule has 122 valence electrons. The molecule has 1 N–H and O–H groups in total. The molecular formula is C19H24N2O2. The van der Waals surface area contributed by atoms with E-state index in [2.05, 4.69) is 23.5 Å². The molecule has 23 heavy (non-hydrogen) atoms. The van der Waals surface area contributed by atoms with Crippen LogP contribution >= 0.6 is 0 Å². The highest BCUT2D eigenvalue weighted by atomic mass is 16.5. The Kier molecular flexibility index (Phi) is 4.64. The maximum absolute atomic E-state index is 11.0. The summed E-state index contributed by atoms with van der Waals surface area (Å²) in [6, 6.07) is 7.81. The third-order valence-corrected chi connectivity index (χ3v) is 4.92. The van der Waals surface area contributed by atoms with Crippen molar-refractivity contribution in [2.45, 2.75) is 25.0 Å². The average Bonchev–Trinajstić information content (AvgIpc) is 2.60. The van der Waals surface area contributed by atoms with Gasteiger partial charge in [0.05, 0.1) is 18.7 Å². The molecule has 1 saturated heterocycles. The smallest absolute Gasteiger partial charge is 0.119 e. The normalized spacial score (nSPS) is 23.6. The van der Waals surface area contributed by atoms with Gasteiger partial charge in [-0.2, -0.15) is 0 Å². The number of aromatic nitrogens is 1. The summed E-state index contributed by atoms with van der Waals surface area (Å²) in [5.41, 5.74) is 1.80. The predicted molar refractivity (Wildman–Crippen MR) is 92.6 cm³/mol. The molecule has 0 amide bonds. The Morgan fingerprint density at radius 2 is 2.22 bits per heavy atom. The van der Waals surface area contributed by atoms with Crippen LogP contribution in [-0.4, -0.2) is 41.7 Å². The lowest BCUT2D eigenvalue weighted by atomic mass is 9.87.